The van der Waals surface area contributed by atoms with Gasteiger partial charge in [-0.15, -0.1) is 11.3 Å². The van der Waals surface area contributed by atoms with E-state index in [1.54, 1.807) is 36.4 Å². The van der Waals surface area contributed by atoms with Gasteiger partial charge in [0.1, 0.15) is 22.1 Å². The molecule has 0 radical (unpaired) electrons. The van der Waals surface area contributed by atoms with Crippen LogP contribution in [0, 0.1) is 0 Å². The fourth-order valence-electron chi connectivity index (χ4n) is 2.82. The number of halogens is 2. The molecule has 0 saturated heterocycles. The molecule has 3 heterocycles. The van der Waals surface area contributed by atoms with Crippen molar-refractivity contribution in [2.45, 2.75) is 20.0 Å². The first-order chi connectivity index (χ1) is 14.4. The van der Waals surface area contributed by atoms with Gasteiger partial charge in [-0.3, -0.25) is 14.3 Å². The van der Waals surface area contributed by atoms with Gasteiger partial charge in [0.25, 0.3) is 0 Å². The summed E-state index contributed by atoms with van der Waals surface area (Å²) in [6.45, 7) is -0.876. The van der Waals surface area contributed by atoms with Crippen molar-refractivity contribution in [1.82, 2.24) is 14.5 Å². The van der Waals surface area contributed by atoms with Crippen molar-refractivity contribution in [3.05, 3.63) is 47.6 Å². The van der Waals surface area contributed by atoms with Gasteiger partial charge in [0.2, 0.25) is 5.91 Å². The van der Waals surface area contributed by atoms with Gasteiger partial charge in [-0.25, -0.2) is 9.78 Å². The van der Waals surface area contributed by atoms with Crippen LogP contribution in [0.5, 0.6) is 0 Å². The number of anilines is 1. The first kappa shape index (κ1) is 21.7. The molecule has 0 aromatic carbocycles. The summed E-state index contributed by atoms with van der Waals surface area (Å²) < 4.78 is 37.1. The second-order valence-electron chi connectivity index (χ2n) is 6.30. The molecule has 0 spiro atoms. The van der Waals surface area contributed by atoms with Crippen LogP contribution in [0.15, 0.2) is 40.6 Å². The van der Waals surface area contributed by atoms with E-state index in [0.717, 1.165) is 4.57 Å². The summed E-state index contributed by atoms with van der Waals surface area (Å²) in [7, 11) is 1.61. The molecule has 0 aliphatic carbocycles. The van der Waals surface area contributed by atoms with Gasteiger partial charge in [0, 0.05) is 23.3 Å². The largest absolute Gasteiger partial charge is 0.464 e. The third-order valence-corrected chi connectivity index (χ3v) is 4.99. The molecule has 0 bridgehead atoms. The molecule has 8 nitrogen and oxygen atoms in total. The number of rotatable bonds is 9. The lowest BCUT2D eigenvalue weighted by Crippen LogP contribution is -2.31. The van der Waals surface area contributed by atoms with Crippen molar-refractivity contribution in [2.24, 2.45) is 0 Å². The van der Waals surface area contributed by atoms with Crippen LogP contribution in [0.25, 0.3) is 11.3 Å². The van der Waals surface area contributed by atoms with Crippen LogP contribution in [0.3, 0.4) is 0 Å². The summed E-state index contributed by atoms with van der Waals surface area (Å²) in [5.41, 5.74) is 0.729. The summed E-state index contributed by atoms with van der Waals surface area (Å²) in [6.07, 6.45) is 3.95. The summed E-state index contributed by atoms with van der Waals surface area (Å²) in [5, 5.41) is 4.72. The van der Waals surface area contributed by atoms with E-state index in [4.69, 9.17) is 9.15 Å². The molecule has 1 N–H and O–H groups in total. The summed E-state index contributed by atoms with van der Waals surface area (Å²) >= 11 is 1.17. The number of carbonyl (C=O) groups excluding carboxylic acids is 2. The molecule has 11 heteroatoms. The number of amides is 1. The smallest absolute Gasteiger partial charge is 0.341 e. The van der Waals surface area contributed by atoms with Gasteiger partial charge in [0.05, 0.1) is 26.0 Å². The SMILES string of the molecule is CCOC(=O)c1c(-c2ccco2)csc1NC(=O)CN(C)Cc1nccn1C(F)F. The fourth-order valence-corrected chi connectivity index (χ4v) is 3.78. The van der Waals surface area contributed by atoms with E-state index < -0.39 is 18.4 Å². The number of ether oxygens (including phenoxy) is 1. The van der Waals surface area contributed by atoms with E-state index in [1.807, 2.05) is 0 Å². The molecule has 0 atom stereocenters. The zero-order valence-corrected chi connectivity index (χ0v) is 17.1. The molecular formula is C19H20F2N4O4S. The minimum Gasteiger partial charge on any atom is -0.464 e. The number of nitrogens with zero attached hydrogens (tertiary/aromatic N) is 3. The van der Waals surface area contributed by atoms with E-state index in [2.05, 4.69) is 10.3 Å². The van der Waals surface area contributed by atoms with Crippen molar-refractivity contribution >= 4 is 28.2 Å². The number of furan rings is 1. The normalized spacial score (nSPS) is 11.3. The minimum atomic E-state index is -2.71. The second kappa shape index (κ2) is 9.63. The third kappa shape index (κ3) is 4.92. The second-order valence-corrected chi connectivity index (χ2v) is 7.18. The van der Waals surface area contributed by atoms with Gasteiger partial charge < -0.3 is 14.5 Å². The maximum Gasteiger partial charge on any atom is 0.341 e. The summed E-state index contributed by atoms with van der Waals surface area (Å²) in [6, 6.07) is 3.40. The molecule has 1 amide bonds. The lowest BCUT2D eigenvalue weighted by molar-refractivity contribution is -0.117. The molecule has 0 aliphatic rings. The highest BCUT2D eigenvalue weighted by Crippen LogP contribution is 2.36. The molecule has 3 aromatic rings. The lowest BCUT2D eigenvalue weighted by Gasteiger charge is -2.16. The van der Waals surface area contributed by atoms with Gasteiger partial charge in [-0.05, 0) is 26.1 Å². The van der Waals surface area contributed by atoms with Gasteiger partial charge in [0.15, 0.2) is 0 Å². The van der Waals surface area contributed by atoms with Crippen LogP contribution in [0.2, 0.25) is 0 Å². The monoisotopic (exact) mass is 438 g/mol. The minimum absolute atomic E-state index is 0.0532. The van der Waals surface area contributed by atoms with Crippen molar-refractivity contribution in [1.29, 1.82) is 0 Å². The van der Waals surface area contributed by atoms with E-state index >= 15 is 0 Å². The van der Waals surface area contributed by atoms with E-state index in [1.165, 1.54) is 30.0 Å². The zero-order valence-electron chi connectivity index (χ0n) is 16.3. The van der Waals surface area contributed by atoms with Crippen LogP contribution >= 0.6 is 11.3 Å². The number of likely N-dealkylation sites (N-methyl/N-ethyl adjacent to an activating group) is 1. The Kier molecular flexibility index (Phi) is 6.95. The van der Waals surface area contributed by atoms with Crippen molar-refractivity contribution < 1.29 is 27.5 Å². The zero-order chi connectivity index (χ0) is 21.7. The number of alkyl halides is 2. The molecule has 3 aromatic heterocycles. The third-order valence-electron chi connectivity index (χ3n) is 4.09. The maximum atomic E-state index is 12.9. The highest BCUT2D eigenvalue weighted by Gasteiger charge is 2.24. The predicted octanol–water partition coefficient (Wildman–Crippen LogP) is 3.85. The van der Waals surface area contributed by atoms with Crippen LogP contribution in [-0.2, 0) is 16.1 Å². The van der Waals surface area contributed by atoms with Gasteiger partial charge >= 0.3 is 12.5 Å². The highest BCUT2D eigenvalue weighted by atomic mass is 32.1. The van der Waals surface area contributed by atoms with Gasteiger partial charge in [-0.2, -0.15) is 8.78 Å². The lowest BCUT2D eigenvalue weighted by atomic mass is 10.1. The number of thiophene rings is 1. The molecule has 3 rings (SSSR count). The molecular weight excluding hydrogens is 418 g/mol. The van der Waals surface area contributed by atoms with Crippen LogP contribution < -0.4 is 5.32 Å². The quantitative estimate of drug-likeness (QED) is 0.511. The van der Waals surface area contributed by atoms with Crippen molar-refractivity contribution in [3.8, 4) is 11.3 Å². The van der Waals surface area contributed by atoms with Crippen LogP contribution in [-0.4, -0.2) is 46.5 Å². The van der Waals surface area contributed by atoms with Gasteiger partial charge in [-0.1, -0.05) is 0 Å². The average Bonchev–Trinajstić information content (AvgIpc) is 3.41. The molecule has 0 fully saturated rings. The first-order valence-electron chi connectivity index (χ1n) is 9.01. The number of carbonyl (C=O) groups is 2. The van der Waals surface area contributed by atoms with E-state index in [0.29, 0.717) is 16.3 Å². The standard InChI is InChI=1S/C19H20F2N4O4S/c1-3-28-18(27)16-12(13-5-4-8-29-13)11-30-17(16)23-15(26)10-24(2)9-14-22-6-7-25(14)19(20)21/h4-8,11,19H,3,9-10H2,1-2H3,(H,23,26). The number of hydrogen-bond acceptors (Lipinski definition) is 7. The fraction of sp³-hybridized carbons (Fsp3) is 0.316. The van der Waals surface area contributed by atoms with E-state index in [9.17, 15) is 18.4 Å². The Bertz CT molecular complexity index is 1000. The molecule has 30 heavy (non-hydrogen) atoms. The molecule has 160 valence electrons. The Morgan fingerprint density at radius 1 is 1.43 bits per heavy atom. The number of hydrogen-bond donors (Lipinski definition) is 1. The average molecular weight is 438 g/mol. The Labute approximate surface area is 175 Å². The topological polar surface area (TPSA) is 89.6 Å². The molecule has 0 unspecified atom stereocenters. The molecule has 0 aliphatic heterocycles. The molecule has 0 saturated carbocycles. The predicted molar refractivity (Wildman–Crippen MR) is 106 cm³/mol. The Morgan fingerprint density at radius 2 is 2.23 bits per heavy atom. The van der Waals surface area contributed by atoms with E-state index in [-0.39, 0.29) is 31.1 Å². The van der Waals surface area contributed by atoms with Crippen LogP contribution in [0.4, 0.5) is 13.8 Å². The van der Waals surface area contributed by atoms with Crippen molar-refractivity contribution in [3.63, 3.8) is 0 Å². The Hall–Kier alpha value is -3.05. The highest BCUT2D eigenvalue weighted by molar-refractivity contribution is 7.15. The Morgan fingerprint density at radius 3 is 2.90 bits per heavy atom. The number of aromatic nitrogens is 2. The Balaban J connectivity index is 1.71. The van der Waals surface area contributed by atoms with Crippen molar-refractivity contribution in [2.75, 3.05) is 25.5 Å². The van der Waals surface area contributed by atoms with Crippen LogP contribution in [0.1, 0.15) is 29.7 Å². The summed E-state index contributed by atoms with van der Waals surface area (Å²) in [5.74, 6) is -0.367. The first-order valence-corrected chi connectivity index (χ1v) is 9.89. The maximum absolute atomic E-state index is 12.9. The number of nitrogens with one attached hydrogen (secondary N) is 1. The summed E-state index contributed by atoms with van der Waals surface area (Å²) in [4.78, 5) is 30.4. The number of imidazole rings is 1. The number of esters is 1.